The van der Waals surface area contributed by atoms with E-state index in [9.17, 15) is 8.42 Å². The van der Waals surface area contributed by atoms with E-state index < -0.39 is 10.0 Å². The van der Waals surface area contributed by atoms with Gasteiger partial charge in [-0.25, -0.2) is 12.7 Å². The number of hydrogen-bond donors (Lipinski definition) is 1. The lowest BCUT2D eigenvalue weighted by atomic mass is 9.89. The molecule has 0 aromatic heterocycles. The van der Waals surface area contributed by atoms with Gasteiger partial charge in [0, 0.05) is 25.2 Å². The van der Waals surface area contributed by atoms with E-state index in [1.54, 1.807) is 4.31 Å². The van der Waals surface area contributed by atoms with Gasteiger partial charge in [-0.3, -0.25) is 0 Å². The Bertz CT molecular complexity index is 411. The zero-order chi connectivity index (χ0) is 15.5. The SMILES string of the molecule is CCN1CCC(C(C)NC2CCN(S(C)(=O)=O)CC2)CC1. The number of rotatable bonds is 5. The highest BCUT2D eigenvalue weighted by Crippen LogP contribution is 2.22. The zero-order valence-corrected chi connectivity index (χ0v) is 14.5. The summed E-state index contributed by atoms with van der Waals surface area (Å²) in [5, 5.41) is 3.75. The Morgan fingerprint density at radius 1 is 1.10 bits per heavy atom. The second-order valence-corrected chi connectivity index (χ2v) is 8.65. The summed E-state index contributed by atoms with van der Waals surface area (Å²) >= 11 is 0. The summed E-state index contributed by atoms with van der Waals surface area (Å²) in [5.41, 5.74) is 0. The Morgan fingerprint density at radius 3 is 2.14 bits per heavy atom. The van der Waals surface area contributed by atoms with E-state index in [4.69, 9.17) is 0 Å². The fourth-order valence-corrected chi connectivity index (χ4v) is 4.51. The van der Waals surface area contributed by atoms with Crippen LogP contribution in [0, 0.1) is 5.92 Å². The third-order valence-corrected chi connectivity index (χ3v) is 6.51. The molecule has 5 nitrogen and oxygen atoms in total. The average molecular weight is 317 g/mol. The molecular weight excluding hydrogens is 286 g/mol. The molecule has 1 N–H and O–H groups in total. The normalized spacial score (nSPS) is 26.0. The van der Waals surface area contributed by atoms with Gasteiger partial charge >= 0.3 is 0 Å². The van der Waals surface area contributed by atoms with Gasteiger partial charge in [0.05, 0.1) is 6.26 Å². The number of nitrogens with zero attached hydrogens (tertiary/aromatic N) is 2. The van der Waals surface area contributed by atoms with Crippen LogP contribution in [0.25, 0.3) is 0 Å². The molecule has 0 aromatic rings. The van der Waals surface area contributed by atoms with Gasteiger partial charge in [0.25, 0.3) is 0 Å². The molecule has 1 atom stereocenters. The highest BCUT2D eigenvalue weighted by Gasteiger charge is 2.28. The third kappa shape index (κ3) is 4.91. The Labute approximate surface area is 130 Å². The minimum Gasteiger partial charge on any atom is -0.311 e. The standard InChI is InChI=1S/C15H31N3O2S/c1-4-17-9-5-14(6-10-17)13(2)16-15-7-11-18(12-8-15)21(3,19)20/h13-16H,4-12H2,1-3H3. The average Bonchev–Trinajstić information content (AvgIpc) is 2.47. The van der Waals surface area contributed by atoms with Gasteiger partial charge in [-0.2, -0.15) is 0 Å². The van der Waals surface area contributed by atoms with Crippen LogP contribution in [0.3, 0.4) is 0 Å². The number of hydrogen-bond acceptors (Lipinski definition) is 4. The van der Waals surface area contributed by atoms with Crippen LogP contribution in [0.2, 0.25) is 0 Å². The Balaban J connectivity index is 1.73. The maximum Gasteiger partial charge on any atom is 0.211 e. The Morgan fingerprint density at radius 2 is 1.67 bits per heavy atom. The summed E-state index contributed by atoms with van der Waals surface area (Å²) in [6.07, 6.45) is 5.75. The molecule has 124 valence electrons. The van der Waals surface area contributed by atoms with Gasteiger partial charge < -0.3 is 10.2 Å². The first-order valence-electron chi connectivity index (χ1n) is 8.33. The van der Waals surface area contributed by atoms with Crippen molar-refractivity contribution in [1.82, 2.24) is 14.5 Å². The molecule has 2 aliphatic rings. The monoisotopic (exact) mass is 317 g/mol. The molecule has 0 amide bonds. The second-order valence-electron chi connectivity index (χ2n) is 6.66. The first kappa shape index (κ1) is 17.2. The lowest BCUT2D eigenvalue weighted by Gasteiger charge is -2.38. The van der Waals surface area contributed by atoms with Crippen LogP contribution in [-0.4, -0.2) is 68.7 Å². The fourth-order valence-electron chi connectivity index (χ4n) is 3.63. The van der Waals surface area contributed by atoms with Crippen molar-refractivity contribution in [3.8, 4) is 0 Å². The molecule has 0 bridgehead atoms. The van der Waals surface area contributed by atoms with Crippen molar-refractivity contribution in [1.29, 1.82) is 0 Å². The lowest BCUT2D eigenvalue weighted by molar-refractivity contribution is 0.157. The molecule has 2 fully saturated rings. The molecule has 2 saturated heterocycles. The number of nitrogens with one attached hydrogen (secondary N) is 1. The van der Waals surface area contributed by atoms with E-state index in [2.05, 4.69) is 24.1 Å². The van der Waals surface area contributed by atoms with Crippen LogP contribution in [0.1, 0.15) is 39.5 Å². The van der Waals surface area contributed by atoms with Gasteiger partial charge in [-0.1, -0.05) is 6.92 Å². The maximum atomic E-state index is 11.5. The number of piperidine rings is 2. The molecule has 1 unspecified atom stereocenters. The van der Waals surface area contributed by atoms with Crippen molar-refractivity contribution in [3.63, 3.8) is 0 Å². The zero-order valence-electron chi connectivity index (χ0n) is 13.7. The summed E-state index contributed by atoms with van der Waals surface area (Å²) in [6, 6.07) is 1.01. The molecule has 2 aliphatic heterocycles. The molecule has 6 heteroatoms. The van der Waals surface area contributed by atoms with Crippen molar-refractivity contribution in [2.75, 3.05) is 39.0 Å². The first-order chi connectivity index (χ1) is 9.90. The summed E-state index contributed by atoms with van der Waals surface area (Å²) in [7, 11) is -3.01. The van der Waals surface area contributed by atoms with Crippen molar-refractivity contribution < 1.29 is 8.42 Å². The van der Waals surface area contributed by atoms with Crippen molar-refractivity contribution in [2.45, 2.75) is 51.6 Å². The van der Waals surface area contributed by atoms with Crippen LogP contribution in [0.15, 0.2) is 0 Å². The van der Waals surface area contributed by atoms with E-state index in [0.29, 0.717) is 25.2 Å². The third-order valence-electron chi connectivity index (χ3n) is 5.21. The van der Waals surface area contributed by atoms with Crippen LogP contribution < -0.4 is 5.32 Å². The maximum absolute atomic E-state index is 11.5. The van der Waals surface area contributed by atoms with Crippen LogP contribution in [0.5, 0.6) is 0 Å². The molecule has 21 heavy (non-hydrogen) atoms. The van der Waals surface area contributed by atoms with Gasteiger partial charge in [0.1, 0.15) is 0 Å². The second kappa shape index (κ2) is 7.40. The number of likely N-dealkylation sites (tertiary alicyclic amines) is 1. The van der Waals surface area contributed by atoms with E-state index in [0.717, 1.165) is 18.8 Å². The summed E-state index contributed by atoms with van der Waals surface area (Å²) in [5.74, 6) is 0.765. The summed E-state index contributed by atoms with van der Waals surface area (Å²) in [4.78, 5) is 2.52. The van der Waals surface area contributed by atoms with Crippen LogP contribution >= 0.6 is 0 Å². The van der Waals surface area contributed by atoms with Crippen molar-refractivity contribution in [2.24, 2.45) is 5.92 Å². The number of sulfonamides is 1. The molecule has 0 saturated carbocycles. The molecule has 0 aliphatic carbocycles. The van der Waals surface area contributed by atoms with E-state index >= 15 is 0 Å². The molecule has 0 aromatic carbocycles. The van der Waals surface area contributed by atoms with Gasteiger partial charge in [-0.15, -0.1) is 0 Å². The fraction of sp³-hybridized carbons (Fsp3) is 1.00. The summed E-state index contributed by atoms with van der Waals surface area (Å²) < 4.78 is 24.7. The molecule has 0 radical (unpaired) electrons. The van der Waals surface area contributed by atoms with E-state index in [-0.39, 0.29) is 0 Å². The van der Waals surface area contributed by atoms with Crippen molar-refractivity contribution in [3.05, 3.63) is 0 Å². The topological polar surface area (TPSA) is 52.6 Å². The van der Waals surface area contributed by atoms with E-state index in [1.165, 1.54) is 38.7 Å². The van der Waals surface area contributed by atoms with Crippen LogP contribution in [-0.2, 0) is 10.0 Å². The summed E-state index contributed by atoms with van der Waals surface area (Å²) in [6.45, 7) is 9.47. The largest absolute Gasteiger partial charge is 0.311 e. The minimum atomic E-state index is -3.01. The molecule has 2 heterocycles. The smallest absolute Gasteiger partial charge is 0.211 e. The van der Waals surface area contributed by atoms with Crippen molar-refractivity contribution >= 4 is 10.0 Å². The van der Waals surface area contributed by atoms with Gasteiger partial charge in [0.2, 0.25) is 10.0 Å². The molecule has 2 rings (SSSR count). The predicted octanol–water partition coefficient (Wildman–Crippen LogP) is 1.12. The first-order valence-corrected chi connectivity index (χ1v) is 10.2. The Kier molecular flexibility index (Phi) is 6.05. The highest BCUT2D eigenvalue weighted by molar-refractivity contribution is 7.88. The lowest BCUT2D eigenvalue weighted by Crippen LogP contribution is -2.50. The Hall–Kier alpha value is -0.170. The molecular formula is C15H31N3O2S. The quantitative estimate of drug-likeness (QED) is 0.826. The minimum absolute atomic E-state index is 0.474. The highest BCUT2D eigenvalue weighted by atomic mass is 32.2. The predicted molar refractivity (Wildman–Crippen MR) is 86.9 cm³/mol. The van der Waals surface area contributed by atoms with E-state index in [1.807, 2.05) is 0 Å². The van der Waals surface area contributed by atoms with Gasteiger partial charge in [-0.05, 0) is 58.2 Å². The van der Waals surface area contributed by atoms with Gasteiger partial charge in [0.15, 0.2) is 0 Å². The molecule has 0 spiro atoms. The van der Waals surface area contributed by atoms with Crippen LogP contribution in [0.4, 0.5) is 0 Å².